The van der Waals surface area contributed by atoms with Crippen LogP contribution in [0.15, 0.2) is 48.5 Å². The number of nitrogens with two attached hydrogens (primary N) is 1. The van der Waals surface area contributed by atoms with Gasteiger partial charge in [0.1, 0.15) is 5.82 Å². The first-order valence-corrected chi connectivity index (χ1v) is 7.03. The van der Waals surface area contributed by atoms with Crippen molar-refractivity contribution in [2.75, 3.05) is 18.8 Å². The van der Waals surface area contributed by atoms with E-state index in [1.807, 2.05) is 12.1 Å². The maximum absolute atomic E-state index is 14.0. The van der Waals surface area contributed by atoms with E-state index < -0.39 is 0 Å². The number of halogens is 1. The highest BCUT2D eigenvalue weighted by Crippen LogP contribution is 2.30. The zero-order valence-corrected chi connectivity index (χ0v) is 11.4. The maximum Gasteiger partial charge on any atom is 0.128 e. The van der Waals surface area contributed by atoms with Gasteiger partial charge in [-0.05, 0) is 36.2 Å². The SMILES string of the molecule is Nc1ccc([C@H]2CCN(Cc3ccccc3)C2)c(F)c1. The molecule has 0 bridgehead atoms. The molecule has 0 saturated carbocycles. The molecule has 0 amide bonds. The van der Waals surface area contributed by atoms with E-state index in [1.165, 1.54) is 11.6 Å². The van der Waals surface area contributed by atoms with Gasteiger partial charge in [-0.3, -0.25) is 4.90 Å². The lowest BCUT2D eigenvalue weighted by atomic mass is 9.97. The number of benzene rings is 2. The van der Waals surface area contributed by atoms with Crippen molar-refractivity contribution >= 4 is 5.69 Å². The summed E-state index contributed by atoms with van der Waals surface area (Å²) in [5, 5.41) is 0. The summed E-state index contributed by atoms with van der Waals surface area (Å²) in [6, 6.07) is 15.5. The average Bonchev–Trinajstić information content (AvgIpc) is 2.88. The van der Waals surface area contributed by atoms with Crippen LogP contribution in [0.2, 0.25) is 0 Å². The highest BCUT2D eigenvalue weighted by atomic mass is 19.1. The number of hydrogen-bond acceptors (Lipinski definition) is 2. The Morgan fingerprint density at radius 3 is 2.70 bits per heavy atom. The Bertz CT molecular complexity index is 583. The lowest BCUT2D eigenvalue weighted by molar-refractivity contribution is 0.326. The van der Waals surface area contributed by atoms with Crippen LogP contribution in [0, 0.1) is 5.82 Å². The summed E-state index contributed by atoms with van der Waals surface area (Å²) < 4.78 is 14.0. The Morgan fingerprint density at radius 2 is 1.95 bits per heavy atom. The van der Waals surface area contributed by atoms with Gasteiger partial charge in [0.15, 0.2) is 0 Å². The van der Waals surface area contributed by atoms with Gasteiger partial charge in [0.2, 0.25) is 0 Å². The van der Waals surface area contributed by atoms with E-state index in [2.05, 4.69) is 29.2 Å². The third-order valence-electron chi connectivity index (χ3n) is 3.99. The van der Waals surface area contributed by atoms with E-state index >= 15 is 0 Å². The van der Waals surface area contributed by atoms with E-state index in [0.29, 0.717) is 5.69 Å². The van der Waals surface area contributed by atoms with Crippen molar-refractivity contribution in [3.8, 4) is 0 Å². The second-order valence-corrected chi connectivity index (χ2v) is 5.49. The lowest BCUT2D eigenvalue weighted by Gasteiger charge is -2.16. The fourth-order valence-corrected chi connectivity index (χ4v) is 2.95. The second kappa shape index (κ2) is 5.63. The molecule has 1 saturated heterocycles. The molecule has 2 aromatic rings. The van der Waals surface area contributed by atoms with Crippen molar-refractivity contribution in [2.24, 2.45) is 0 Å². The Morgan fingerprint density at radius 1 is 1.15 bits per heavy atom. The summed E-state index contributed by atoms with van der Waals surface area (Å²) in [6.07, 6.45) is 1.01. The van der Waals surface area contributed by atoms with Crippen LogP contribution in [0.5, 0.6) is 0 Å². The highest BCUT2D eigenvalue weighted by Gasteiger charge is 2.25. The predicted molar refractivity (Wildman–Crippen MR) is 79.9 cm³/mol. The zero-order chi connectivity index (χ0) is 13.9. The number of rotatable bonds is 3. The van der Waals surface area contributed by atoms with Gasteiger partial charge >= 0.3 is 0 Å². The Kier molecular flexibility index (Phi) is 3.70. The van der Waals surface area contributed by atoms with Gasteiger partial charge in [-0.1, -0.05) is 36.4 Å². The van der Waals surface area contributed by atoms with Crippen LogP contribution in [0.1, 0.15) is 23.5 Å². The fourth-order valence-electron chi connectivity index (χ4n) is 2.95. The molecule has 1 aliphatic heterocycles. The molecule has 2 nitrogen and oxygen atoms in total. The summed E-state index contributed by atoms with van der Waals surface area (Å²) in [5.41, 5.74) is 8.21. The van der Waals surface area contributed by atoms with Gasteiger partial charge in [-0.2, -0.15) is 0 Å². The molecule has 1 fully saturated rings. The minimum Gasteiger partial charge on any atom is -0.399 e. The normalized spacial score (nSPS) is 19.4. The average molecular weight is 270 g/mol. The molecule has 3 rings (SSSR count). The molecular weight excluding hydrogens is 251 g/mol. The summed E-state index contributed by atoms with van der Waals surface area (Å²) in [5.74, 6) is 0.107. The molecule has 2 N–H and O–H groups in total. The first kappa shape index (κ1) is 13.1. The standard InChI is InChI=1S/C17H19FN2/c18-17-10-15(19)6-7-16(17)14-8-9-20(12-14)11-13-4-2-1-3-5-13/h1-7,10,14H,8-9,11-12,19H2/t14-/m0/s1. The molecule has 0 spiro atoms. The molecule has 3 heteroatoms. The third kappa shape index (κ3) is 2.83. The monoisotopic (exact) mass is 270 g/mol. The number of nitrogen functional groups attached to an aromatic ring is 1. The number of nitrogens with zero attached hydrogens (tertiary/aromatic N) is 1. The molecule has 104 valence electrons. The summed E-state index contributed by atoms with van der Waals surface area (Å²) >= 11 is 0. The summed E-state index contributed by atoms with van der Waals surface area (Å²) in [7, 11) is 0. The van der Waals surface area contributed by atoms with Crippen molar-refractivity contribution in [2.45, 2.75) is 18.9 Å². The number of likely N-dealkylation sites (tertiary alicyclic amines) is 1. The molecule has 20 heavy (non-hydrogen) atoms. The molecule has 0 radical (unpaired) electrons. The quantitative estimate of drug-likeness (QED) is 0.866. The van der Waals surface area contributed by atoms with Crippen LogP contribution in [-0.4, -0.2) is 18.0 Å². The van der Waals surface area contributed by atoms with Gasteiger partial charge in [0.05, 0.1) is 0 Å². The van der Waals surface area contributed by atoms with Crippen LogP contribution in [0.4, 0.5) is 10.1 Å². The molecule has 0 unspecified atom stereocenters. The topological polar surface area (TPSA) is 29.3 Å². The van der Waals surface area contributed by atoms with Crippen molar-refractivity contribution < 1.29 is 4.39 Å². The molecular formula is C17H19FN2. The summed E-state index contributed by atoms with van der Waals surface area (Å²) in [4.78, 5) is 2.38. The van der Waals surface area contributed by atoms with Gasteiger partial charge in [-0.15, -0.1) is 0 Å². The molecule has 1 heterocycles. The van der Waals surface area contributed by atoms with Crippen LogP contribution in [-0.2, 0) is 6.54 Å². The Hall–Kier alpha value is -1.87. The summed E-state index contributed by atoms with van der Waals surface area (Å²) in [6.45, 7) is 2.87. The van der Waals surface area contributed by atoms with Gasteiger partial charge < -0.3 is 5.73 Å². The van der Waals surface area contributed by atoms with Crippen molar-refractivity contribution in [1.82, 2.24) is 4.90 Å². The van der Waals surface area contributed by atoms with Crippen molar-refractivity contribution in [3.63, 3.8) is 0 Å². The fraction of sp³-hybridized carbons (Fsp3) is 0.294. The first-order chi connectivity index (χ1) is 9.72. The van der Waals surface area contributed by atoms with Gasteiger partial charge in [0, 0.05) is 24.7 Å². The van der Waals surface area contributed by atoms with Gasteiger partial charge in [0.25, 0.3) is 0 Å². The number of anilines is 1. The highest BCUT2D eigenvalue weighted by molar-refractivity contribution is 5.41. The molecule has 1 aliphatic rings. The molecule has 0 aliphatic carbocycles. The second-order valence-electron chi connectivity index (χ2n) is 5.49. The van der Waals surface area contributed by atoms with E-state index in [1.54, 1.807) is 6.07 Å². The van der Waals surface area contributed by atoms with Crippen molar-refractivity contribution in [3.05, 3.63) is 65.5 Å². The molecule has 1 atom stereocenters. The zero-order valence-electron chi connectivity index (χ0n) is 11.4. The van der Waals surface area contributed by atoms with Crippen molar-refractivity contribution in [1.29, 1.82) is 0 Å². The lowest BCUT2D eigenvalue weighted by Crippen LogP contribution is -2.19. The largest absolute Gasteiger partial charge is 0.399 e. The molecule has 2 aromatic carbocycles. The van der Waals surface area contributed by atoms with E-state index in [4.69, 9.17) is 5.73 Å². The maximum atomic E-state index is 14.0. The van der Waals surface area contributed by atoms with Crippen LogP contribution < -0.4 is 5.73 Å². The van der Waals surface area contributed by atoms with Crippen LogP contribution in [0.25, 0.3) is 0 Å². The minimum absolute atomic E-state index is 0.170. The van der Waals surface area contributed by atoms with Gasteiger partial charge in [-0.25, -0.2) is 4.39 Å². The van der Waals surface area contributed by atoms with E-state index in [9.17, 15) is 4.39 Å². The van der Waals surface area contributed by atoms with Crippen LogP contribution in [0.3, 0.4) is 0 Å². The predicted octanol–water partition coefficient (Wildman–Crippen LogP) is 3.40. The van der Waals surface area contributed by atoms with Crippen LogP contribution >= 0.6 is 0 Å². The first-order valence-electron chi connectivity index (χ1n) is 7.03. The van der Waals surface area contributed by atoms with E-state index in [0.717, 1.165) is 31.6 Å². The Labute approximate surface area is 119 Å². The van der Waals surface area contributed by atoms with E-state index in [-0.39, 0.29) is 11.7 Å². The third-order valence-corrected chi connectivity index (χ3v) is 3.99. The number of hydrogen-bond donors (Lipinski definition) is 1. The smallest absolute Gasteiger partial charge is 0.128 e. The molecule has 0 aromatic heterocycles. The Balaban J connectivity index is 1.67. The minimum atomic E-state index is -0.170.